The first-order valence-corrected chi connectivity index (χ1v) is 11.7. The van der Waals surface area contributed by atoms with Gasteiger partial charge in [0, 0.05) is 48.9 Å². The third-order valence-corrected chi connectivity index (χ3v) is 6.01. The predicted octanol–water partition coefficient (Wildman–Crippen LogP) is 4.28. The number of nitrogens with zero attached hydrogens (tertiary/aromatic N) is 2. The van der Waals surface area contributed by atoms with Crippen LogP contribution < -0.4 is 21.1 Å². The van der Waals surface area contributed by atoms with E-state index in [1.807, 2.05) is 36.4 Å². The predicted molar refractivity (Wildman–Crippen MR) is 137 cm³/mol. The van der Waals surface area contributed by atoms with Crippen LogP contribution >= 0.6 is 0 Å². The number of fused-ring (bicyclic) bond motifs is 1. The first-order valence-electron chi connectivity index (χ1n) is 11.7. The lowest BCUT2D eigenvalue weighted by molar-refractivity contribution is 0.0358. The maximum Gasteiger partial charge on any atom is 0.323 e. The van der Waals surface area contributed by atoms with Crippen molar-refractivity contribution < 1.29 is 14.3 Å². The fourth-order valence-electron chi connectivity index (χ4n) is 4.39. The van der Waals surface area contributed by atoms with Crippen LogP contribution in [0.4, 0.5) is 16.2 Å². The molecular weight excluding hydrogens is 430 g/mol. The van der Waals surface area contributed by atoms with E-state index in [9.17, 15) is 4.79 Å². The monoisotopic (exact) mass is 463 g/mol. The van der Waals surface area contributed by atoms with Gasteiger partial charge in [0.05, 0.1) is 36.7 Å². The van der Waals surface area contributed by atoms with E-state index in [0.29, 0.717) is 18.0 Å². The van der Waals surface area contributed by atoms with Gasteiger partial charge in [-0.2, -0.15) is 0 Å². The summed E-state index contributed by atoms with van der Waals surface area (Å²) in [4.78, 5) is 14.3. The van der Waals surface area contributed by atoms with Gasteiger partial charge < -0.3 is 30.4 Å². The molecule has 34 heavy (non-hydrogen) atoms. The SMILES string of the molecule is C=CNC(=O)Nc1cccc(-c2c(N)c3ccc(OCCCN4CCOCC4)cc3n2CC)c1. The van der Waals surface area contributed by atoms with Crippen LogP contribution in [0.25, 0.3) is 22.2 Å². The van der Waals surface area contributed by atoms with Crippen LogP contribution in [0.5, 0.6) is 5.75 Å². The van der Waals surface area contributed by atoms with Crippen LogP contribution in [0.1, 0.15) is 13.3 Å². The molecule has 2 aromatic carbocycles. The number of aromatic nitrogens is 1. The van der Waals surface area contributed by atoms with Gasteiger partial charge in [0.2, 0.25) is 0 Å². The molecule has 1 aliphatic heterocycles. The number of carbonyl (C=O) groups excluding carboxylic acids is 1. The second-order valence-electron chi connectivity index (χ2n) is 8.22. The lowest BCUT2D eigenvalue weighted by atomic mass is 10.1. The quantitative estimate of drug-likeness (QED) is 0.412. The lowest BCUT2D eigenvalue weighted by Crippen LogP contribution is -2.37. The van der Waals surface area contributed by atoms with Gasteiger partial charge in [-0.3, -0.25) is 4.90 Å². The molecule has 4 rings (SSSR count). The van der Waals surface area contributed by atoms with Crippen molar-refractivity contribution in [3.63, 3.8) is 0 Å². The summed E-state index contributed by atoms with van der Waals surface area (Å²) < 4.78 is 13.7. The largest absolute Gasteiger partial charge is 0.493 e. The highest BCUT2D eigenvalue weighted by atomic mass is 16.5. The van der Waals surface area contributed by atoms with Crippen LogP contribution in [-0.4, -0.2) is 55.0 Å². The summed E-state index contributed by atoms with van der Waals surface area (Å²) in [7, 11) is 0. The van der Waals surface area contributed by atoms with Crippen molar-refractivity contribution >= 4 is 28.3 Å². The number of amides is 2. The number of nitrogens with one attached hydrogen (secondary N) is 2. The van der Waals surface area contributed by atoms with Crippen LogP contribution in [0.3, 0.4) is 0 Å². The molecule has 0 spiro atoms. The van der Waals surface area contributed by atoms with Crippen molar-refractivity contribution in [3.05, 3.63) is 55.2 Å². The molecule has 2 amide bonds. The Bertz CT molecular complexity index is 1150. The Kier molecular flexibility index (Phi) is 7.72. The minimum Gasteiger partial charge on any atom is -0.493 e. The van der Waals surface area contributed by atoms with Crippen molar-refractivity contribution in [1.82, 2.24) is 14.8 Å². The standard InChI is InChI=1S/C26H33N5O3/c1-3-28-26(32)29-20-8-5-7-19(17-20)25-24(27)22-10-9-21(18-23(22)31(25)4-2)34-14-6-11-30-12-15-33-16-13-30/h3,5,7-10,17-18H,1,4,6,11-16,27H2,2H3,(H2,28,29,32). The molecule has 8 heteroatoms. The number of aryl methyl sites for hydroxylation is 1. The summed E-state index contributed by atoms with van der Waals surface area (Å²) in [6.45, 7) is 11.7. The normalized spacial score (nSPS) is 14.1. The van der Waals surface area contributed by atoms with Crippen molar-refractivity contribution in [2.75, 3.05) is 50.5 Å². The molecule has 0 radical (unpaired) electrons. The van der Waals surface area contributed by atoms with E-state index in [1.54, 1.807) is 0 Å². The van der Waals surface area contributed by atoms with E-state index < -0.39 is 0 Å². The van der Waals surface area contributed by atoms with Gasteiger partial charge in [-0.15, -0.1) is 0 Å². The molecular formula is C26H33N5O3. The van der Waals surface area contributed by atoms with Gasteiger partial charge in [-0.1, -0.05) is 18.7 Å². The number of benzene rings is 2. The molecule has 0 saturated carbocycles. The van der Waals surface area contributed by atoms with Crippen molar-refractivity contribution in [2.45, 2.75) is 19.9 Å². The third-order valence-electron chi connectivity index (χ3n) is 6.01. The van der Waals surface area contributed by atoms with Gasteiger partial charge in [-0.25, -0.2) is 4.79 Å². The molecule has 0 atom stereocenters. The Morgan fingerprint density at radius 1 is 1.24 bits per heavy atom. The van der Waals surface area contributed by atoms with Crippen molar-refractivity contribution in [3.8, 4) is 17.0 Å². The first kappa shape index (κ1) is 23.7. The summed E-state index contributed by atoms with van der Waals surface area (Å²) in [6, 6.07) is 13.4. The number of ether oxygens (including phenoxy) is 2. The molecule has 2 heterocycles. The van der Waals surface area contributed by atoms with E-state index in [-0.39, 0.29) is 6.03 Å². The number of morpholine rings is 1. The number of hydrogen-bond acceptors (Lipinski definition) is 5. The molecule has 0 bridgehead atoms. The summed E-state index contributed by atoms with van der Waals surface area (Å²) in [5, 5.41) is 6.31. The zero-order valence-electron chi connectivity index (χ0n) is 19.7. The molecule has 1 saturated heterocycles. The molecule has 1 fully saturated rings. The molecule has 0 aliphatic carbocycles. The number of nitrogen functional groups attached to an aromatic ring is 1. The van der Waals surface area contributed by atoms with Crippen molar-refractivity contribution in [2.24, 2.45) is 0 Å². The second-order valence-corrected chi connectivity index (χ2v) is 8.22. The molecule has 1 aromatic heterocycles. The zero-order valence-corrected chi connectivity index (χ0v) is 19.7. The van der Waals surface area contributed by atoms with E-state index in [0.717, 1.165) is 73.7 Å². The summed E-state index contributed by atoms with van der Waals surface area (Å²) >= 11 is 0. The van der Waals surface area contributed by atoms with Crippen LogP contribution in [0.15, 0.2) is 55.2 Å². The highest BCUT2D eigenvalue weighted by Crippen LogP contribution is 2.38. The Morgan fingerprint density at radius 3 is 2.82 bits per heavy atom. The summed E-state index contributed by atoms with van der Waals surface area (Å²) in [6.07, 6.45) is 2.31. The average Bonchev–Trinajstić information content (AvgIpc) is 3.13. The fraction of sp³-hybridized carbons (Fsp3) is 0.346. The summed E-state index contributed by atoms with van der Waals surface area (Å²) in [5.41, 5.74) is 10.9. The second kappa shape index (κ2) is 11.1. The van der Waals surface area contributed by atoms with Gasteiger partial charge in [0.15, 0.2) is 0 Å². The zero-order chi connectivity index (χ0) is 23.9. The molecule has 180 valence electrons. The number of nitrogens with two attached hydrogens (primary N) is 1. The molecule has 8 nitrogen and oxygen atoms in total. The molecule has 3 aromatic rings. The van der Waals surface area contributed by atoms with E-state index in [2.05, 4.69) is 39.7 Å². The van der Waals surface area contributed by atoms with Crippen LogP contribution in [0.2, 0.25) is 0 Å². The fourth-order valence-corrected chi connectivity index (χ4v) is 4.39. The first-order chi connectivity index (χ1) is 16.6. The number of carbonyl (C=O) groups is 1. The number of rotatable bonds is 9. The minimum absolute atomic E-state index is 0.341. The molecule has 1 aliphatic rings. The Morgan fingerprint density at radius 2 is 2.06 bits per heavy atom. The Hall–Kier alpha value is -3.49. The highest BCUT2D eigenvalue weighted by Gasteiger charge is 2.17. The summed E-state index contributed by atoms with van der Waals surface area (Å²) in [5.74, 6) is 0.838. The number of urea groups is 1. The van der Waals surface area contributed by atoms with Gasteiger partial charge in [0.25, 0.3) is 0 Å². The third kappa shape index (κ3) is 5.35. The maximum atomic E-state index is 11.9. The molecule has 4 N–H and O–H groups in total. The van der Waals surface area contributed by atoms with Crippen LogP contribution in [-0.2, 0) is 11.3 Å². The minimum atomic E-state index is -0.341. The van der Waals surface area contributed by atoms with Gasteiger partial charge in [0.1, 0.15) is 5.75 Å². The van der Waals surface area contributed by atoms with E-state index >= 15 is 0 Å². The highest BCUT2D eigenvalue weighted by molar-refractivity contribution is 6.02. The lowest BCUT2D eigenvalue weighted by Gasteiger charge is -2.26. The smallest absolute Gasteiger partial charge is 0.323 e. The van der Waals surface area contributed by atoms with E-state index in [4.69, 9.17) is 15.2 Å². The van der Waals surface area contributed by atoms with Gasteiger partial charge in [-0.05, 0) is 43.8 Å². The number of anilines is 2. The van der Waals surface area contributed by atoms with Crippen molar-refractivity contribution in [1.29, 1.82) is 0 Å². The van der Waals surface area contributed by atoms with E-state index in [1.165, 1.54) is 6.20 Å². The average molecular weight is 464 g/mol. The van der Waals surface area contributed by atoms with Crippen LogP contribution in [0, 0.1) is 0 Å². The molecule has 0 unspecified atom stereocenters. The Balaban J connectivity index is 1.53. The van der Waals surface area contributed by atoms with Gasteiger partial charge >= 0.3 is 6.03 Å². The maximum absolute atomic E-state index is 11.9. The Labute approximate surface area is 200 Å². The topological polar surface area (TPSA) is 93.8 Å². The number of hydrogen-bond donors (Lipinski definition) is 3.